The fraction of sp³-hybridized carbons (Fsp3) is 0.0930. The molecule has 1 saturated heterocycles. The van der Waals surface area contributed by atoms with Crippen LogP contribution in [-0.4, -0.2) is 33.6 Å². The molecule has 49 heavy (non-hydrogen) atoms. The van der Waals surface area contributed by atoms with Crippen molar-refractivity contribution in [1.29, 1.82) is 0 Å². The summed E-state index contributed by atoms with van der Waals surface area (Å²) in [5, 5.41) is 2.52. The summed E-state index contributed by atoms with van der Waals surface area (Å²) in [5.41, 5.74) is 10.1. The van der Waals surface area contributed by atoms with E-state index in [4.69, 9.17) is 4.43 Å². The van der Waals surface area contributed by atoms with Crippen LogP contribution < -0.4 is 9.80 Å². The van der Waals surface area contributed by atoms with Crippen LogP contribution in [0.3, 0.4) is 0 Å². The van der Waals surface area contributed by atoms with Crippen LogP contribution in [0, 0.1) is 0 Å². The molecule has 0 bridgehead atoms. The van der Waals surface area contributed by atoms with Gasteiger partial charge in [-0.25, -0.2) is 0 Å². The summed E-state index contributed by atoms with van der Waals surface area (Å²) in [6.45, 7) is 0.883. The van der Waals surface area contributed by atoms with E-state index >= 15 is 0 Å². The van der Waals surface area contributed by atoms with Gasteiger partial charge in [0.25, 0.3) is 0 Å². The number of aromatic nitrogens is 1. The lowest BCUT2D eigenvalue weighted by Crippen LogP contribution is -2.37. The van der Waals surface area contributed by atoms with Crippen LogP contribution in [0.25, 0.3) is 39.6 Å². The summed E-state index contributed by atoms with van der Waals surface area (Å²) in [4.78, 5) is 16.7. The van der Waals surface area contributed by atoms with Crippen molar-refractivity contribution >= 4 is 73.2 Å². The molecule has 8 rings (SSSR count). The van der Waals surface area contributed by atoms with Crippen molar-refractivity contribution in [2.24, 2.45) is 0 Å². The molecule has 7 aromatic rings. The molecule has 6 aromatic carbocycles. The van der Waals surface area contributed by atoms with Gasteiger partial charge in [-0.3, -0.25) is 4.79 Å². The van der Waals surface area contributed by atoms with Crippen LogP contribution >= 0.6 is 0 Å². The Balaban J connectivity index is 1.05. The predicted octanol–water partition coefficient (Wildman–Crippen LogP) is 9.22. The number of para-hydroxylation sites is 3. The predicted molar refractivity (Wildman–Crippen MR) is 207 cm³/mol. The Bertz CT molecular complexity index is 2210. The quantitative estimate of drug-likeness (QED) is 0.121. The smallest absolute Gasteiger partial charge is 0.314 e. The van der Waals surface area contributed by atoms with Gasteiger partial charge >= 0.3 is 5.97 Å². The highest BCUT2D eigenvalue weighted by atomic mass is 28.2. The zero-order chi connectivity index (χ0) is 33.2. The molecule has 1 atom stereocenters. The topological polar surface area (TPSA) is 37.7 Å². The second-order valence-corrected chi connectivity index (χ2v) is 12.9. The maximum atomic E-state index is 12.2. The number of hydrogen-bond donors (Lipinski definition) is 0. The maximum absolute atomic E-state index is 12.2. The molecule has 0 aliphatic carbocycles. The van der Waals surface area contributed by atoms with Gasteiger partial charge < -0.3 is 18.8 Å². The van der Waals surface area contributed by atoms with E-state index in [9.17, 15) is 4.79 Å². The van der Waals surface area contributed by atoms with Gasteiger partial charge in [-0.2, -0.15) is 0 Å². The average molecular weight is 656 g/mol. The van der Waals surface area contributed by atoms with E-state index in [-0.39, 0.29) is 12.0 Å². The standard InChI is InChI=1S/C43H37N3O2Si/c47-43(48-49)42-15-8-30-44(42)33-22-18-31(19-23-33)16-17-32-20-24-35(25-21-32)45(34-9-2-1-3-10-34)36-26-28-37(29-27-36)46-40-13-6-4-11-38(40)39-12-5-7-14-41(39)46/h1-7,9-14,16-29,42H,8,15,30H2,49H3/b17-16+/t42-/m0/s1. The summed E-state index contributed by atoms with van der Waals surface area (Å²) >= 11 is 0. The van der Waals surface area contributed by atoms with E-state index in [1.165, 1.54) is 21.8 Å². The number of benzene rings is 6. The molecular formula is C43H37N3O2Si. The summed E-state index contributed by atoms with van der Waals surface area (Å²) in [5.74, 6) is -0.0983. The molecule has 0 saturated carbocycles. The minimum atomic E-state index is -0.161. The third-order valence-electron chi connectivity index (χ3n) is 9.53. The molecule has 1 aliphatic rings. The van der Waals surface area contributed by atoms with E-state index in [0.29, 0.717) is 10.5 Å². The van der Waals surface area contributed by atoms with Crippen molar-refractivity contribution < 1.29 is 9.22 Å². The van der Waals surface area contributed by atoms with E-state index in [0.717, 1.165) is 59.0 Å². The first-order valence-electron chi connectivity index (χ1n) is 16.8. The van der Waals surface area contributed by atoms with Crippen LogP contribution in [-0.2, 0) is 9.22 Å². The minimum absolute atomic E-state index is 0.0983. The van der Waals surface area contributed by atoms with E-state index < -0.39 is 0 Å². The average Bonchev–Trinajstić information content (AvgIpc) is 3.79. The number of nitrogens with zero attached hydrogens (tertiary/aromatic N) is 3. The lowest BCUT2D eigenvalue weighted by atomic mass is 10.1. The van der Waals surface area contributed by atoms with Gasteiger partial charge in [0.05, 0.1) is 11.0 Å². The first-order valence-corrected chi connectivity index (χ1v) is 17.7. The molecule has 240 valence electrons. The molecule has 0 radical (unpaired) electrons. The first-order chi connectivity index (χ1) is 24.2. The fourth-order valence-corrected chi connectivity index (χ4v) is 7.41. The number of carbonyl (C=O) groups excluding carboxylic acids is 1. The number of hydrogen-bond acceptors (Lipinski definition) is 4. The molecule has 0 unspecified atom stereocenters. The number of fused-ring (bicyclic) bond motifs is 3. The van der Waals surface area contributed by atoms with E-state index in [1.54, 1.807) is 0 Å². The highest BCUT2D eigenvalue weighted by Crippen LogP contribution is 2.37. The lowest BCUT2D eigenvalue weighted by molar-refractivity contribution is -0.135. The molecule has 0 spiro atoms. The van der Waals surface area contributed by atoms with Crippen LogP contribution in [0.15, 0.2) is 152 Å². The second kappa shape index (κ2) is 13.3. The van der Waals surface area contributed by atoms with Gasteiger partial charge in [-0.05, 0) is 96.8 Å². The summed E-state index contributed by atoms with van der Waals surface area (Å²) in [7, 11) is 0.435. The van der Waals surface area contributed by atoms with Gasteiger partial charge in [0.2, 0.25) is 10.5 Å². The molecule has 0 amide bonds. The van der Waals surface area contributed by atoms with Gasteiger partial charge in [-0.15, -0.1) is 0 Å². The summed E-state index contributed by atoms with van der Waals surface area (Å²) in [6.07, 6.45) is 6.14. The maximum Gasteiger partial charge on any atom is 0.314 e. The van der Waals surface area contributed by atoms with E-state index in [1.807, 2.05) is 0 Å². The Morgan fingerprint density at radius 1 is 0.612 bits per heavy atom. The molecule has 0 N–H and O–H groups in total. The Morgan fingerprint density at radius 3 is 1.69 bits per heavy atom. The highest BCUT2D eigenvalue weighted by molar-refractivity contribution is 6.09. The van der Waals surface area contributed by atoms with E-state index in [2.05, 4.69) is 178 Å². The largest absolute Gasteiger partial charge is 0.527 e. The summed E-state index contributed by atoms with van der Waals surface area (Å²) in [6, 6.07) is 53.6. The van der Waals surface area contributed by atoms with Crippen LogP contribution in [0.2, 0.25) is 0 Å². The van der Waals surface area contributed by atoms with Crippen molar-refractivity contribution in [3.8, 4) is 5.69 Å². The normalized spacial score (nSPS) is 14.6. The van der Waals surface area contributed by atoms with Crippen molar-refractivity contribution in [3.05, 3.63) is 163 Å². The van der Waals surface area contributed by atoms with Gasteiger partial charge in [0, 0.05) is 45.8 Å². The molecule has 1 fully saturated rings. The van der Waals surface area contributed by atoms with Crippen molar-refractivity contribution in [1.82, 2.24) is 4.57 Å². The molecule has 6 heteroatoms. The zero-order valence-corrected chi connectivity index (χ0v) is 29.4. The monoisotopic (exact) mass is 655 g/mol. The highest BCUT2D eigenvalue weighted by Gasteiger charge is 2.31. The van der Waals surface area contributed by atoms with Crippen molar-refractivity contribution in [2.75, 3.05) is 16.3 Å². The van der Waals surface area contributed by atoms with Gasteiger partial charge in [-0.1, -0.05) is 91.0 Å². The SMILES string of the molecule is O=C(O[SiH3])[C@@H]1CCCN1c1ccc(/C=C/c2ccc(N(c3ccccc3)c3ccc(-n4c5ccccc5c5ccccc54)cc3)cc2)cc1. The molecule has 5 nitrogen and oxygen atoms in total. The Labute approximate surface area is 289 Å². The number of rotatable bonds is 8. The molecule has 1 aliphatic heterocycles. The van der Waals surface area contributed by atoms with Crippen molar-refractivity contribution in [2.45, 2.75) is 18.9 Å². The van der Waals surface area contributed by atoms with Crippen LogP contribution in [0.4, 0.5) is 22.7 Å². The third kappa shape index (κ3) is 5.92. The minimum Gasteiger partial charge on any atom is -0.527 e. The van der Waals surface area contributed by atoms with Crippen molar-refractivity contribution in [3.63, 3.8) is 0 Å². The Morgan fingerprint density at radius 2 is 1.10 bits per heavy atom. The number of carbonyl (C=O) groups is 1. The van der Waals surface area contributed by atoms with Crippen LogP contribution in [0.1, 0.15) is 24.0 Å². The fourth-order valence-electron chi connectivity index (χ4n) is 7.14. The number of anilines is 4. The molecule has 1 aromatic heterocycles. The Kier molecular flexibility index (Phi) is 8.30. The lowest BCUT2D eigenvalue weighted by Gasteiger charge is -2.26. The molecule has 2 heterocycles. The Hall–Kier alpha value is -5.85. The second-order valence-electron chi connectivity index (χ2n) is 12.4. The molecular weight excluding hydrogens is 619 g/mol. The van der Waals surface area contributed by atoms with Crippen LogP contribution in [0.5, 0.6) is 0 Å². The summed E-state index contributed by atoms with van der Waals surface area (Å²) < 4.78 is 7.51. The zero-order valence-electron chi connectivity index (χ0n) is 27.4. The first kappa shape index (κ1) is 30.5. The van der Waals surface area contributed by atoms with Gasteiger partial charge in [0.15, 0.2) is 0 Å². The van der Waals surface area contributed by atoms with Gasteiger partial charge in [0.1, 0.15) is 6.04 Å². The third-order valence-corrected chi connectivity index (χ3v) is 9.93.